The summed E-state index contributed by atoms with van der Waals surface area (Å²) in [7, 11) is 3.23. The first-order chi connectivity index (χ1) is 13.1. The SMILES string of the molecule is C=CCN1C(=O)NC(c2cccc(OC)c2)C2=C1CN(CCCOC)C2=O. The Bertz CT molecular complexity index is 774. The van der Waals surface area contributed by atoms with Crippen LogP contribution >= 0.6 is 0 Å². The summed E-state index contributed by atoms with van der Waals surface area (Å²) in [5, 5.41) is 2.96. The molecule has 0 spiro atoms. The van der Waals surface area contributed by atoms with Crippen molar-refractivity contribution in [2.75, 3.05) is 40.5 Å². The number of carbonyl (C=O) groups is 2. The Balaban J connectivity index is 1.96. The van der Waals surface area contributed by atoms with Crippen molar-refractivity contribution in [2.24, 2.45) is 0 Å². The Kier molecular flexibility index (Phi) is 5.81. The van der Waals surface area contributed by atoms with Crippen molar-refractivity contribution >= 4 is 11.9 Å². The Morgan fingerprint density at radius 3 is 2.85 bits per heavy atom. The average Bonchev–Trinajstić information content (AvgIpc) is 3.00. The van der Waals surface area contributed by atoms with Crippen LogP contribution in [0.4, 0.5) is 4.79 Å². The average molecular weight is 371 g/mol. The molecular formula is C20H25N3O4. The zero-order valence-corrected chi connectivity index (χ0v) is 15.7. The van der Waals surface area contributed by atoms with Crippen LogP contribution in [0.2, 0.25) is 0 Å². The van der Waals surface area contributed by atoms with E-state index >= 15 is 0 Å². The smallest absolute Gasteiger partial charge is 0.322 e. The third kappa shape index (κ3) is 3.68. The first kappa shape index (κ1) is 19.0. The molecule has 2 aliphatic heterocycles. The highest BCUT2D eigenvalue weighted by molar-refractivity contribution is 6.01. The van der Waals surface area contributed by atoms with E-state index in [0.717, 1.165) is 17.7 Å². The van der Waals surface area contributed by atoms with Crippen LogP contribution in [0.3, 0.4) is 0 Å². The van der Waals surface area contributed by atoms with Gasteiger partial charge in [0.15, 0.2) is 0 Å². The number of nitrogens with zero attached hydrogens (tertiary/aromatic N) is 2. The summed E-state index contributed by atoms with van der Waals surface area (Å²) in [6.45, 7) is 5.67. The number of rotatable bonds is 8. The highest BCUT2D eigenvalue weighted by atomic mass is 16.5. The van der Waals surface area contributed by atoms with Crippen LogP contribution in [0.15, 0.2) is 48.2 Å². The predicted octanol–water partition coefficient (Wildman–Crippen LogP) is 2.08. The maximum atomic E-state index is 13.1. The standard InChI is InChI=1S/C20H25N3O4/c1-4-9-23-16-13-22(10-6-11-26-2)19(24)17(16)18(21-20(23)25)14-7-5-8-15(12-14)27-3/h4-5,7-8,12,18H,1,6,9-11,13H2,2-3H3,(H,21,25). The molecule has 1 aromatic rings. The summed E-state index contributed by atoms with van der Waals surface area (Å²) in [6, 6.07) is 6.70. The summed E-state index contributed by atoms with van der Waals surface area (Å²) in [4.78, 5) is 29.2. The minimum absolute atomic E-state index is 0.0528. The number of nitrogens with one attached hydrogen (secondary N) is 1. The molecule has 1 aromatic carbocycles. The maximum absolute atomic E-state index is 13.1. The van der Waals surface area contributed by atoms with E-state index in [1.807, 2.05) is 24.3 Å². The van der Waals surface area contributed by atoms with Gasteiger partial charge in [-0.2, -0.15) is 0 Å². The quantitative estimate of drug-likeness (QED) is 0.561. The van der Waals surface area contributed by atoms with Crippen LogP contribution in [0.5, 0.6) is 5.75 Å². The number of amides is 3. The van der Waals surface area contributed by atoms with Crippen LogP contribution in [-0.2, 0) is 9.53 Å². The van der Waals surface area contributed by atoms with Crippen molar-refractivity contribution in [1.29, 1.82) is 0 Å². The Hall–Kier alpha value is -2.80. The van der Waals surface area contributed by atoms with Gasteiger partial charge in [-0.3, -0.25) is 9.69 Å². The Morgan fingerprint density at radius 1 is 1.33 bits per heavy atom. The van der Waals surface area contributed by atoms with E-state index in [1.54, 1.807) is 30.1 Å². The number of carbonyl (C=O) groups excluding carboxylic acids is 2. The first-order valence-electron chi connectivity index (χ1n) is 8.94. The molecule has 0 aliphatic carbocycles. The molecule has 1 unspecified atom stereocenters. The van der Waals surface area contributed by atoms with Gasteiger partial charge in [-0.1, -0.05) is 18.2 Å². The summed E-state index contributed by atoms with van der Waals surface area (Å²) >= 11 is 0. The minimum Gasteiger partial charge on any atom is -0.497 e. The third-order valence-electron chi connectivity index (χ3n) is 4.81. The lowest BCUT2D eigenvalue weighted by Crippen LogP contribution is -2.47. The molecule has 3 rings (SSSR count). The van der Waals surface area contributed by atoms with Gasteiger partial charge in [0.05, 0.1) is 31.0 Å². The molecule has 7 nitrogen and oxygen atoms in total. The lowest BCUT2D eigenvalue weighted by molar-refractivity contribution is -0.125. The van der Waals surface area contributed by atoms with E-state index in [9.17, 15) is 9.59 Å². The number of hydrogen-bond acceptors (Lipinski definition) is 4. The largest absolute Gasteiger partial charge is 0.497 e. The molecular weight excluding hydrogens is 346 g/mol. The number of hydrogen-bond donors (Lipinski definition) is 1. The molecule has 0 fully saturated rings. The van der Waals surface area contributed by atoms with Crippen LogP contribution in [-0.4, -0.2) is 62.2 Å². The monoisotopic (exact) mass is 371 g/mol. The van der Waals surface area contributed by atoms with Crippen LogP contribution < -0.4 is 10.1 Å². The van der Waals surface area contributed by atoms with Crippen molar-refractivity contribution in [3.63, 3.8) is 0 Å². The van der Waals surface area contributed by atoms with Crippen molar-refractivity contribution in [2.45, 2.75) is 12.5 Å². The van der Waals surface area contributed by atoms with Crippen LogP contribution in [0, 0.1) is 0 Å². The van der Waals surface area contributed by atoms with Gasteiger partial charge in [-0.15, -0.1) is 6.58 Å². The van der Waals surface area contributed by atoms with Crippen molar-refractivity contribution in [3.8, 4) is 5.75 Å². The number of ether oxygens (including phenoxy) is 2. The van der Waals surface area contributed by atoms with Crippen molar-refractivity contribution in [3.05, 3.63) is 53.8 Å². The third-order valence-corrected chi connectivity index (χ3v) is 4.81. The molecule has 2 heterocycles. The number of benzene rings is 1. The van der Waals surface area contributed by atoms with Crippen molar-refractivity contribution < 1.29 is 19.1 Å². The molecule has 1 atom stereocenters. The first-order valence-corrected chi connectivity index (χ1v) is 8.94. The molecule has 27 heavy (non-hydrogen) atoms. The van der Waals surface area contributed by atoms with Gasteiger partial charge in [0, 0.05) is 26.8 Å². The van der Waals surface area contributed by atoms with Crippen molar-refractivity contribution in [1.82, 2.24) is 15.1 Å². The Morgan fingerprint density at radius 2 is 2.15 bits per heavy atom. The highest BCUT2D eigenvalue weighted by Gasteiger charge is 2.43. The van der Waals surface area contributed by atoms with Gasteiger partial charge in [-0.05, 0) is 24.1 Å². The summed E-state index contributed by atoms with van der Waals surface area (Å²) in [5.74, 6) is 0.628. The van der Waals surface area contributed by atoms with Gasteiger partial charge in [0.25, 0.3) is 5.91 Å². The van der Waals surface area contributed by atoms with E-state index in [-0.39, 0.29) is 11.9 Å². The zero-order chi connectivity index (χ0) is 19.4. The van der Waals surface area contributed by atoms with Gasteiger partial charge >= 0.3 is 6.03 Å². The van der Waals surface area contributed by atoms with E-state index in [1.165, 1.54) is 0 Å². The van der Waals surface area contributed by atoms with Gasteiger partial charge in [-0.25, -0.2) is 4.79 Å². The van der Waals surface area contributed by atoms with E-state index in [0.29, 0.717) is 37.6 Å². The van der Waals surface area contributed by atoms with E-state index in [2.05, 4.69) is 11.9 Å². The minimum atomic E-state index is -0.497. The normalized spacial score (nSPS) is 19.3. The van der Waals surface area contributed by atoms with Gasteiger partial charge in [0.2, 0.25) is 0 Å². The lowest BCUT2D eigenvalue weighted by Gasteiger charge is -2.33. The van der Waals surface area contributed by atoms with E-state index < -0.39 is 6.04 Å². The predicted molar refractivity (Wildman–Crippen MR) is 101 cm³/mol. The molecule has 0 radical (unpaired) electrons. The summed E-state index contributed by atoms with van der Waals surface area (Å²) in [5.41, 5.74) is 2.18. The molecule has 2 aliphatic rings. The topological polar surface area (TPSA) is 71.1 Å². The summed E-state index contributed by atoms with van der Waals surface area (Å²) in [6.07, 6.45) is 2.41. The molecule has 1 N–H and O–H groups in total. The van der Waals surface area contributed by atoms with Gasteiger partial charge in [0.1, 0.15) is 5.75 Å². The van der Waals surface area contributed by atoms with Crippen LogP contribution in [0.1, 0.15) is 18.0 Å². The Labute approximate surface area is 159 Å². The number of methoxy groups -OCH3 is 2. The molecule has 0 saturated heterocycles. The fourth-order valence-corrected chi connectivity index (χ4v) is 3.52. The maximum Gasteiger partial charge on any atom is 0.322 e. The second-order valence-electron chi connectivity index (χ2n) is 6.49. The van der Waals surface area contributed by atoms with Gasteiger partial charge < -0.3 is 19.7 Å². The molecule has 0 bridgehead atoms. The number of urea groups is 1. The molecule has 0 saturated carbocycles. The van der Waals surface area contributed by atoms with Crippen LogP contribution in [0.25, 0.3) is 0 Å². The lowest BCUT2D eigenvalue weighted by atomic mass is 9.95. The highest BCUT2D eigenvalue weighted by Crippen LogP contribution is 2.37. The molecule has 7 heteroatoms. The molecule has 0 aromatic heterocycles. The second kappa shape index (κ2) is 8.26. The second-order valence-corrected chi connectivity index (χ2v) is 6.49. The fraction of sp³-hybridized carbons (Fsp3) is 0.400. The molecule has 3 amide bonds. The molecule has 144 valence electrons. The summed E-state index contributed by atoms with van der Waals surface area (Å²) < 4.78 is 10.4. The zero-order valence-electron chi connectivity index (χ0n) is 15.7. The fourth-order valence-electron chi connectivity index (χ4n) is 3.52. The van der Waals surface area contributed by atoms with E-state index in [4.69, 9.17) is 9.47 Å².